The summed E-state index contributed by atoms with van der Waals surface area (Å²) in [6.07, 6.45) is 14.2. The highest BCUT2D eigenvalue weighted by molar-refractivity contribution is 5.70. The van der Waals surface area contributed by atoms with Crippen molar-refractivity contribution in [3.05, 3.63) is 0 Å². The van der Waals surface area contributed by atoms with Gasteiger partial charge in [-0.15, -0.1) is 0 Å². The first-order valence-electron chi connectivity index (χ1n) is 11.2. The monoisotopic (exact) mass is 384 g/mol. The zero-order chi connectivity index (χ0) is 20.5. The summed E-state index contributed by atoms with van der Waals surface area (Å²) in [6.45, 7) is 9.75. The Kier molecular flexibility index (Phi) is 16.4. The van der Waals surface area contributed by atoms with Gasteiger partial charge in [-0.1, -0.05) is 64.7 Å². The van der Waals surface area contributed by atoms with Crippen LogP contribution in [0.3, 0.4) is 0 Å². The van der Waals surface area contributed by atoms with Gasteiger partial charge in [0.1, 0.15) is 0 Å². The molecule has 0 rings (SSSR count). The maximum atomic E-state index is 11.7. The lowest BCUT2D eigenvalue weighted by molar-refractivity contribution is -0.149. The fourth-order valence-electron chi connectivity index (χ4n) is 3.26. The number of hydrogen-bond acceptors (Lipinski definition) is 4. The van der Waals surface area contributed by atoms with Gasteiger partial charge in [-0.3, -0.25) is 9.59 Å². The van der Waals surface area contributed by atoms with E-state index in [0.717, 1.165) is 25.7 Å². The van der Waals surface area contributed by atoms with Crippen LogP contribution in [0.4, 0.5) is 0 Å². The predicted molar refractivity (Wildman–Crippen MR) is 112 cm³/mol. The van der Waals surface area contributed by atoms with Crippen molar-refractivity contribution in [1.82, 2.24) is 0 Å². The van der Waals surface area contributed by atoms with Gasteiger partial charge in [0.05, 0.1) is 12.2 Å². The van der Waals surface area contributed by atoms with E-state index in [1.165, 1.54) is 44.9 Å². The zero-order valence-electron chi connectivity index (χ0n) is 18.6. The van der Waals surface area contributed by atoms with Crippen LogP contribution in [-0.4, -0.2) is 24.1 Å². The molecule has 1 atom stereocenters. The van der Waals surface area contributed by atoms with Gasteiger partial charge in [0, 0.05) is 12.8 Å². The van der Waals surface area contributed by atoms with Crippen LogP contribution < -0.4 is 0 Å². The largest absolute Gasteiger partial charge is 0.463 e. The second-order valence-electron chi connectivity index (χ2n) is 8.28. The Balaban J connectivity index is 3.45. The van der Waals surface area contributed by atoms with Crippen molar-refractivity contribution >= 4 is 11.9 Å². The van der Waals surface area contributed by atoms with Crippen molar-refractivity contribution in [2.24, 2.45) is 5.92 Å². The smallest absolute Gasteiger partial charge is 0.306 e. The van der Waals surface area contributed by atoms with Crippen LogP contribution in [0.2, 0.25) is 0 Å². The Labute approximate surface area is 167 Å². The number of esters is 2. The molecule has 0 N–H and O–H groups in total. The molecular formula is C23H44O4. The average molecular weight is 385 g/mol. The maximum Gasteiger partial charge on any atom is 0.306 e. The molecule has 0 aliphatic rings. The van der Waals surface area contributed by atoms with Gasteiger partial charge in [-0.25, -0.2) is 0 Å². The molecule has 1 unspecified atom stereocenters. The highest BCUT2D eigenvalue weighted by atomic mass is 16.5. The van der Waals surface area contributed by atoms with E-state index in [0.29, 0.717) is 18.8 Å². The average Bonchev–Trinajstić information content (AvgIpc) is 2.57. The Morgan fingerprint density at radius 1 is 0.667 bits per heavy atom. The second kappa shape index (κ2) is 17.1. The molecule has 0 spiro atoms. The molecule has 160 valence electrons. The van der Waals surface area contributed by atoms with Crippen LogP contribution >= 0.6 is 0 Å². The summed E-state index contributed by atoms with van der Waals surface area (Å²) in [4.78, 5) is 23.2. The molecule has 0 heterocycles. The van der Waals surface area contributed by atoms with Crippen molar-refractivity contribution < 1.29 is 19.1 Å². The third-order valence-electron chi connectivity index (χ3n) is 4.76. The molecular weight excluding hydrogens is 340 g/mol. The van der Waals surface area contributed by atoms with Crippen LogP contribution in [0.5, 0.6) is 0 Å². The first-order chi connectivity index (χ1) is 12.8. The fraction of sp³-hybridized carbons (Fsp3) is 0.913. The number of ether oxygens (including phenoxy) is 2. The molecule has 4 nitrogen and oxygen atoms in total. The normalized spacial score (nSPS) is 12.4. The van der Waals surface area contributed by atoms with Crippen LogP contribution in [0, 0.1) is 5.92 Å². The van der Waals surface area contributed by atoms with Gasteiger partial charge in [0.2, 0.25) is 0 Å². The number of carbonyl (C=O) groups excluding carboxylic acids is 2. The van der Waals surface area contributed by atoms with Gasteiger partial charge in [-0.05, 0) is 46.5 Å². The molecule has 0 aromatic heterocycles. The predicted octanol–water partition coefficient (Wildman–Crippen LogP) is 6.60. The topological polar surface area (TPSA) is 52.6 Å². The van der Waals surface area contributed by atoms with E-state index < -0.39 is 0 Å². The van der Waals surface area contributed by atoms with Gasteiger partial charge >= 0.3 is 11.9 Å². The standard InChI is InChI=1S/C23H44O4/c1-6-21(18-23(25)27-20(4)5)16-14-12-10-8-7-9-11-13-15-17-22(24)26-19(2)3/h19-21H,6-18H2,1-5H3. The summed E-state index contributed by atoms with van der Waals surface area (Å²) in [5.74, 6) is 0.362. The molecule has 0 saturated carbocycles. The van der Waals surface area contributed by atoms with Crippen molar-refractivity contribution in [3.63, 3.8) is 0 Å². The van der Waals surface area contributed by atoms with Gasteiger partial charge < -0.3 is 9.47 Å². The SMILES string of the molecule is CCC(CCCCCCCCCCCC(=O)OC(C)C)CC(=O)OC(C)C. The molecule has 0 bridgehead atoms. The molecule has 4 heteroatoms. The molecule has 0 aromatic carbocycles. The first-order valence-corrected chi connectivity index (χ1v) is 11.2. The Morgan fingerprint density at radius 3 is 1.59 bits per heavy atom. The number of unbranched alkanes of at least 4 members (excludes halogenated alkanes) is 8. The van der Waals surface area contributed by atoms with Gasteiger partial charge in [-0.2, -0.15) is 0 Å². The van der Waals surface area contributed by atoms with E-state index in [2.05, 4.69) is 6.92 Å². The molecule has 27 heavy (non-hydrogen) atoms. The van der Waals surface area contributed by atoms with E-state index in [9.17, 15) is 9.59 Å². The van der Waals surface area contributed by atoms with E-state index in [-0.39, 0.29) is 24.1 Å². The van der Waals surface area contributed by atoms with E-state index >= 15 is 0 Å². The lowest BCUT2D eigenvalue weighted by Gasteiger charge is -2.15. The summed E-state index contributed by atoms with van der Waals surface area (Å²) in [6, 6.07) is 0. The van der Waals surface area contributed by atoms with Crippen LogP contribution in [0.1, 0.15) is 118 Å². The minimum Gasteiger partial charge on any atom is -0.463 e. The fourth-order valence-corrected chi connectivity index (χ4v) is 3.26. The van der Waals surface area contributed by atoms with Crippen LogP contribution in [0.25, 0.3) is 0 Å². The van der Waals surface area contributed by atoms with Crippen molar-refractivity contribution in [1.29, 1.82) is 0 Å². The lowest BCUT2D eigenvalue weighted by Crippen LogP contribution is -2.15. The van der Waals surface area contributed by atoms with Crippen molar-refractivity contribution in [2.45, 2.75) is 130 Å². The molecule has 0 aliphatic heterocycles. The van der Waals surface area contributed by atoms with Crippen molar-refractivity contribution in [3.8, 4) is 0 Å². The third-order valence-corrected chi connectivity index (χ3v) is 4.76. The number of rotatable bonds is 17. The Hall–Kier alpha value is -1.06. The molecule has 0 fully saturated rings. The van der Waals surface area contributed by atoms with E-state index in [4.69, 9.17) is 9.47 Å². The summed E-state index contributed by atoms with van der Waals surface area (Å²) in [5.41, 5.74) is 0. The van der Waals surface area contributed by atoms with Crippen LogP contribution in [-0.2, 0) is 19.1 Å². The van der Waals surface area contributed by atoms with Crippen LogP contribution in [0.15, 0.2) is 0 Å². The summed E-state index contributed by atoms with van der Waals surface area (Å²) >= 11 is 0. The van der Waals surface area contributed by atoms with E-state index in [1.54, 1.807) is 0 Å². The number of hydrogen-bond donors (Lipinski definition) is 0. The minimum atomic E-state index is -0.0622. The molecule has 0 aliphatic carbocycles. The van der Waals surface area contributed by atoms with Gasteiger partial charge in [0.15, 0.2) is 0 Å². The summed E-state index contributed by atoms with van der Waals surface area (Å²) < 4.78 is 10.4. The van der Waals surface area contributed by atoms with Crippen molar-refractivity contribution in [2.75, 3.05) is 0 Å². The van der Waals surface area contributed by atoms with Gasteiger partial charge in [0.25, 0.3) is 0 Å². The highest BCUT2D eigenvalue weighted by Gasteiger charge is 2.14. The number of carbonyl (C=O) groups is 2. The maximum absolute atomic E-state index is 11.7. The summed E-state index contributed by atoms with van der Waals surface area (Å²) in [5, 5.41) is 0. The van der Waals surface area contributed by atoms with E-state index in [1.807, 2.05) is 27.7 Å². The third kappa shape index (κ3) is 18.1. The minimum absolute atomic E-state index is 0.000957. The highest BCUT2D eigenvalue weighted by Crippen LogP contribution is 2.19. The Bertz CT molecular complexity index is 377. The molecule has 0 amide bonds. The quantitative estimate of drug-likeness (QED) is 0.209. The first kappa shape index (κ1) is 25.9. The molecule has 0 radical (unpaired) electrons. The summed E-state index contributed by atoms with van der Waals surface area (Å²) in [7, 11) is 0. The zero-order valence-corrected chi connectivity index (χ0v) is 18.6. The second-order valence-corrected chi connectivity index (χ2v) is 8.28. The Morgan fingerprint density at radius 2 is 1.11 bits per heavy atom. The lowest BCUT2D eigenvalue weighted by atomic mass is 9.95. The molecule has 0 saturated heterocycles. The molecule has 0 aromatic rings.